The number of carbonyl (C=O) groups excluding carboxylic acids is 2. The van der Waals surface area contributed by atoms with E-state index in [1.54, 1.807) is 11.1 Å². The lowest BCUT2D eigenvalue weighted by atomic mass is 10.1. The molecule has 6 heteroatoms. The molecule has 2 amide bonds. The molecule has 0 aromatic carbocycles. The average Bonchev–Trinajstić information content (AvgIpc) is 2.78. The van der Waals surface area contributed by atoms with E-state index in [0.717, 1.165) is 19.4 Å². The number of hydrogen-bond acceptors (Lipinski definition) is 3. The lowest BCUT2D eigenvalue weighted by Gasteiger charge is -2.25. The average molecular weight is 278 g/mol. The highest BCUT2D eigenvalue weighted by Crippen LogP contribution is 2.11. The van der Waals surface area contributed by atoms with Crippen LogP contribution in [-0.4, -0.2) is 39.4 Å². The summed E-state index contributed by atoms with van der Waals surface area (Å²) in [5, 5.41) is 2.78. The van der Waals surface area contributed by atoms with Crippen molar-refractivity contribution in [1.82, 2.24) is 14.5 Å². The van der Waals surface area contributed by atoms with E-state index in [2.05, 4.69) is 24.1 Å². The Morgan fingerprint density at radius 1 is 1.45 bits per heavy atom. The fourth-order valence-corrected chi connectivity index (χ4v) is 2.34. The fourth-order valence-electron chi connectivity index (χ4n) is 2.34. The van der Waals surface area contributed by atoms with Gasteiger partial charge in [-0.15, -0.1) is 0 Å². The Kier molecular flexibility index (Phi) is 4.76. The molecule has 6 nitrogen and oxygen atoms in total. The lowest BCUT2D eigenvalue weighted by molar-refractivity contribution is -0.136. The van der Waals surface area contributed by atoms with Gasteiger partial charge in [0.05, 0.1) is 6.54 Å². The first-order valence-electron chi connectivity index (χ1n) is 7.15. The van der Waals surface area contributed by atoms with Gasteiger partial charge in [-0.2, -0.15) is 0 Å². The Bertz CT molecular complexity index is 481. The molecule has 0 radical (unpaired) electrons. The summed E-state index contributed by atoms with van der Waals surface area (Å²) in [5.41, 5.74) is 0. The van der Waals surface area contributed by atoms with E-state index in [9.17, 15) is 9.59 Å². The quantitative estimate of drug-likeness (QED) is 0.887. The molecule has 0 unspecified atom stereocenters. The molecule has 0 saturated carbocycles. The van der Waals surface area contributed by atoms with Gasteiger partial charge in [-0.05, 0) is 18.8 Å². The number of amides is 2. The number of piperidine rings is 1. The van der Waals surface area contributed by atoms with Crippen molar-refractivity contribution in [2.75, 3.05) is 18.4 Å². The SMILES string of the molecule is CC(C)Cn1ccnc1NC(=O)CN1CCCCC1=O. The number of carbonyl (C=O) groups is 2. The van der Waals surface area contributed by atoms with E-state index >= 15 is 0 Å². The normalized spacial score (nSPS) is 15.8. The van der Waals surface area contributed by atoms with E-state index in [0.29, 0.717) is 24.8 Å². The first-order chi connectivity index (χ1) is 9.56. The van der Waals surface area contributed by atoms with Gasteiger partial charge >= 0.3 is 0 Å². The number of imidazole rings is 1. The van der Waals surface area contributed by atoms with Crippen LogP contribution in [0.15, 0.2) is 12.4 Å². The van der Waals surface area contributed by atoms with Crippen molar-refractivity contribution >= 4 is 17.8 Å². The number of nitrogens with one attached hydrogen (secondary N) is 1. The summed E-state index contributed by atoms with van der Waals surface area (Å²) in [6, 6.07) is 0. The summed E-state index contributed by atoms with van der Waals surface area (Å²) in [6.07, 6.45) is 5.97. The van der Waals surface area contributed by atoms with Crippen molar-refractivity contribution in [3.63, 3.8) is 0 Å². The molecule has 1 saturated heterocycles. The molecule has 1 fully saturated rings. The lowest BCUT2D eigenvalue weighted by Crippen LogP contribution is -2.41. The zero-order valence-electron chi connectivity index (χ0n) is 12.1. The minimum absolute atomic E-state index is 0.0666. The molecular weight excluding hydrogens is 256 g/mol. The van der Waals surface area contributed by atoms with Crippen molar-refractivity contribution in [3.05, 3.63) is 12.4 Å². The molecule has 20 heavy (non-hydrogen) atoms. The molecule has 2 rings (SSSR count). The predicted octanol–water partition coefficient (Wildman–Crippen LogP) is 1.49. The van der Waals surface area contributed by atoms with Gasteiger partial charge in [-0.3, -0.25) is 14.9 Å². The zero-order valence-corrected chi connectivity index (χ0v) is 12.1. The molecule has 0 atom stereocenters. The van der Waals surface area contributed by atoms with Gasteiger partial charge < -0.3 is 9.47 Å². The maximum absolute atomic E-state index is 12.0. The third-order valence-corrected chi connectivity index (χ3v) is 3.28. The molecule has 2 heterocycles. The zero-order chi connectivity index (χ0) is 14.5. The Hall–Kier alpha value is -1.85. The van der Waals surface area contributed by atoms with Crippen molar-refractivity contribution in [2.45, 2.75) is 39.7 Å². The molecule has 0 spiro atoms. The topological polar surface area (TPSA) is 67.2 Å². The monoisotopic (exact) mass is 278 g/mol. The first kappa shape index (κ1) is 14.6. The Labute approximate surface area is 119 Å². The summed E-state index contributed by atoms with van der Waals surface area (Å²) < 4.78 is 1.92. The molecule has 1 N–H and O–H groups in total. The minimum Gasteiger partial charge on any atom is -0.333 e. The van der Waals surface area contributed by atoms with Crippen molar-refractivity contribution in [3.8, 4) is 0 Å². The van der Waals surface area contributed by atoms with Crippen LogP contribution in [0.3, 0.4) is 0 Å². The highest BCUT2D eigenvalue weighted by atomic mass is 16.2. The summed E-state index contributed by atoms with van der Waals surface area (Å²) in [6.45, 7) is 5.81. The van der Waals surface area contributed by atoms with Crippen LogP contribution in [0.2, 0.25) is 0 Å². The van der Waals surface area contributed by atoms with E-state index in [1.807, 2.05) is 10.8 Å². The van der Waals surface area contributed by atoms with E-state index in [4.69, 9.17) is 0 Å². The van der Waals surface area contributed by atoms with Crippen molar-refractivity contribution in [2.24, 2.45) is 5.92 Å². The van der Waals surface area contributed by atoms with Gasteiger partial charge in [0.15, 0.2) is 0 Å². The van der Waals surface area contributed by atoms with Crippen LogP contribution in [0.1, 0.15) is 33.1 Å². The fraction of sp³-hybridized carbons (Fsp3) is 0.643. The summed E-state index contributed by atoms with van der Waals surface area (Å²) in [4.78, 5) is 29.4. The molecule has 0 aliphatic carbocycles. The third kappa shape index (κ3) is 3.82. The maximum atomic E-state index is 12.0. The highest BCUT2D eigenvalue weighted by molar-refractivity contribution is 5.93. The van der Waals surface area contributed by atoms with Gasteiger partial charge in [0.25, 0.3) is 0 Å². The second kappa shape index (κ2) is 6.54. The van der Waals surface area contributed by atoms with Crippen LogP contribution < -0.4 is 5.32 Å². The van der Waals surface area contributed by atoms with E-state index in [-0.39, 0.29) is 18.4 Å². The number of hydrogen-bond donors (Lipinski definition) is 1. The smallest absolute Gasteiger partial charge is 0.246 e. The molecular formula is C14H22N4O2. The summed E-state index contributed by atoms with van der Waals surface area (Å²) >= 11 is 0. The number of aromatic nitrogens is 2. The highest BCUT2D eigenvalue weighted by Gasteiger charge is 2.21. The van der Waals surface area contributed by atoms with Crippen LogP contribution in [0.25, 0.3) is 0 Å². The number of rotatable bonds is 5. The Morgan fingerprint density at radius 2 is 2.25 bits per heavy atom. The number of likely N-dealkylation sites (tertiary alicyclic amines) is 1. The summed E-state index contributed by atoms with van der Waals surface area (Å²) in [5.74, 6) is 0.907. The number of nitrogens with zero attached hydrogens (tertiary/aromatic N) is 3. The minimum atomic E-state index is -0.184. The van der Waals surface area contributed by atoms with Crippen LogP contribution in [0, 0.1) is 5.92 Å². The molecule has 1 aromatic heterocycles. The van der Waals surface area contributed by atoms with Gasteiger partial charge in [0, 0.05) is 31.9 Å². The Morgan fingerprint density at radius 3 is 2.95 bits per heavy atom. The van der Waals surface area contributed by atoms with Crippen molar-refractivity contribution < 1.29 is 9.59 Å². The van der Waals surface area contributed by atoms with Gasteiger partial charge in [0.2, 0.25) is 17.8 Å². The molecule has 110 valence electrons. The largest absolute Gasteiger partial charge is 0.333 e. The second-order valence-electron chi connectivity index (χ2n) is 5.62. The number of anilines is 1. The second-order valence-corrected chi connectivity index (χ2v) is 5.62. The van der Waals surface area contributed by atoms with Gasteiger partial charge in [-0.25, -0.2) is 4.98 Å². The summed E-state index contributed by atoms with van der Waals surface area (Å²) in [7, 11) is 0. The third-order valence-electron chi connectivity index (χ3n) is 3.28. The Balaban J connectivity index is 1.91. The van der Waals surface area contributed by atoms with Crippen LogP contribution in [0.4, 0.5) is 5.95 Å². The molecule has 1 aliphatic heterocycles. The van der Waals surface area contributed by atoms with Crippen LogP contribution in [-0.2, 0) is 16.1 Å². The van der Waals surface area contributed by atoms with Gasteiger partial charge in [0.1, 0.15) is 0 Å². The first-order valence-corrected chi connectivity index (χ1v) is 7.15. The van der Waals surface area contributed by atoms with Crippen molar-refractivity contribution in [1.29, 1.82) is 0 Å². The molecule has 1 aromatic rings. The van der Waals surface area contributed by atoms with Gasteiger partial charge in [-0.1, -0.05) is 13.8 Å². The maximum Gasteiger partial charge on any atom is 0.246 e. The standard InChI is InChI=1S/C14H22N4O2/c1-11(2)9-18-8-6-15-14(18)16-12(19)10-17-7-4-3-5-13(17)20/h6,8,11H,3-5,7,9-10H2,1-2H3,(H,15,16,19). The van der Waals surface area contributed by atoms with Crippen LogP contribution >= 0.6 is 0 Å². The van der Waals surface area contributed by atoms with Crippen LogP contribution in [0.5, 0.6) is 0 Å². The molecule has 1 aliphatic rings. The molecule has 0 bridgehead atoms. The predicted molar refractivity (Wildman–Crippen MR) is 76.1 cm³/mol. The van der Waals surface area contributed by atoms with E-state index in [1.165, 1.54) is 0 Å². The van der Waals surface area contributed by atoms with E-state index < -0.39 is 0 Å².